The summed E-state index contributed by atoms with van der Waals surface area (Å²) in [7, 11) is 1.80. The molecule has 0 bridgehead atoms. The Morgan fingerprint density at radius 2 is 1.97 bits per heavy atom. The molecule has 0 radical (unpaired) electrons. The summed E-state index contributed by atoms with van der Waals surface area (Å²) in [6, 6.07) is 14.8. The standard InChI is InChI=1S/C22H17N7O/c1-29-13-20(21(28-29)17-5-2-3-9-23-17)27-22(30)18-7-4-6-15(26-18)14-11-19-16(25-12-14)8-10-24-19/h2-13,24H,1H3,(H,27,30). The number of pyridine rings is 3. The van der Waals surface area contributed by atoms with Gasteiger partial charge in [0.05, 0.1) is 28.1 Å². The van der Waals surface area contributed by atoms with Crippen LogP contribution >= 0.6 is 0 Å². The molecule has 5 heterocycles. The van der Waals surface area contributed by atoms with Gasteiger partial charge < -0.3 is 10.3 Å². The molecule has 0 aliphatic rings. The molecule has 0 aliphatic carbocycles. The molecular weight excluding hydrogens is 378 g/mol. The lowest BCUT2D eigenvalue weighted by molar-refractivity contribution is 0.102. The topological polar surface area (TPSA) is 101 Å². The first kappa shape index (κ1) is 17.7. The summed E-state index contributed by atoms with van der Waals surface area (Å²) in [6.45, 7) is 0. The zero-order valence-corrected chi connectivity index (χ0v) is 16.1. The lowest BCUT2D eigenvalue weighted by Gasteiger charge is -2.07. The number of rotatable bonds is 4. The molecule has 0 aliphatic heterocycles. The van der Waals surface area contributed by atoms with E-state index in [-0.39, 0.29) is 5.91 Å². The van der Waals surface area contributed by atoms with Gasteiger partial charge in [-0.3, -0.25) is 19.4 Å². The summed E-state index contributed by atoms with van der Waals surface area (Å²) in [5.41, 5.74) is 5.45. The van der Waals surface area contributed by atoms with Crippen LogP contribution in [0.3, 0.4) is 0 Å². The Kier molecular flexibility index (Phi) is 4.29. The summed E-state index contributed by atoms with van der Waals surface area (Å²) in [5.74, 6) is -0.323. The minimum Gasteiger partial charge on any atom is -0.360 e. The number of anilines is 1. The number of aromatic amines is 1. The van der Waals surface area contributed by atoms with Gasteiger partial charge >= 0.3 is 0 Å². The van der Waals surface area contributed by atoms with Gasteiger partial charge in [-0.1, -0.05) is 12.1 Å². The van der Waals surface area contributed by atoms with Crippen LogP contribution in [-0.2, 0) is 7.05 Å². The van der Waals surface area contributed by atoms with E-state index in [1.54, 1.807) is 42.5 Å². The predicted octanol–water partition coefficient (Wildman–Crippen LogP) is 3.67. The van der Waals surface area contributed by atoms with Crippen molar-refractivity contribution in [1.82, 2.24) is 29.7 Å². The molecule has 5 aromatic rings. The maximum Gasteiger partial charge on any atom is 0.274 e. The fourth-order valence-electron chi connectivity index (χ4n) is 3.25. The molecule has 5 aromatic heterocycles. The monoisotopic (exact) mass is 395 g/mol. The predicted molar refractivity (Wildman–Crippen MR) is 114 cm³/mol. The number of carbonyl (C=O) groups is 1. The Labute approximate surface area is 171 Å². The zero-order valence-electron chi connectivity index (χ0n) is 16.1. The summed E-state index contributed by atoms with van der Waals surface area (Å²) < 4.78 is 1.64. The number of hydrogen-bond donors (Lipinski definition) is 2. The Morgan fingerprint density at radius 3 is 2.83 bits per heavy atom. The van der Waals surface area contributed by atoms with E-state index in [0.29, 0.717) is 28.5 Å². The molecule has 0 saturated heterocycles. The first-order valence-corrected chi connectivity index (χ1v) is 9.34. The van der Waals surface area contributed by atoms with Crippen LogP contribution in [0.25, 0.3) is 33.7 Å². The van der Waals surface area contributed by atoms with Crippen molar-refractivity contribution in [3.05, 3.63) is 79.0 Å². The molecule has 0 fully saturated rings. The number of nitrogens with one attached hydrogen (secondary N) is 2. The molecule has 0 atom stereocenters. The van der Waals surface area contributed by atoms with Gasteiger partial charge in [-0.05, 0) is 36.4 Å². The molecule has 5 rings (SSSR count). The van der Waals surface area contributed by atoms with E-state index in [9.17, 15) is 4.79 Å². The van der Waals surface area contributed by atoms with Gasteiger partial charge in [-0.2, -0.15) is 5.10 Å². The third kappa shape index (κ3) is 3.30. The van der Waals surface area contributed by atoms with Crippen LogP contribution < -0.4 is 5.32 Å². The zero-order chi connectivity index (χ0) is 20.5. The van der Waals surface area contributed by atoms with Crippen molar-refractivity contribution in [2.24, 2.45) is 7.05 Å². The number of aryl methyl sites for hydroxylation is 1. The molecule has 1 amide bonds. The van der Waals surface area contributed by atoms with Crippen molar-refractivity contribution in [2.75, 3.05) is 5.32 Å². The number of fused-ring (bicyclic) bond motifs is 1. The van der Waals surface area contributed by atoms with Gasteiger partial charge in [-0.15, -0.1) is 0 Å². The lowest BCUT2D eigenvalue weighted by Crippen LogP contribution is -2.14. The van der Waals surface area contributed by atoms with Crippen LogP contribution in [0.1, 0.15) is 10.5 Å². The van der Waals surface area contributed by atoms with E-state index in [4.69, 9.17) is 0 Å². The number of hydrogen-bond acceptors (Lipinski definition) is 5. The number of aromatic nitrogens is 6. The summed E-state index contributed by atoms with van der Waals surface area (Å²) >= 11 is 0. The average Bonchev–Trinajstić information content (AvgIpc) is 3.40. The van der Waals surface area contributed by atoms with Crippen molar-refractivity contribution in [2.45, 2.75) is 0 Å². The fraction of sp³-hybridized carbons (Fsp3) is 0.0455. The SMILES string of the molecule is Cn1cc(NC(=O)c2cccc(-c3cnc4cc[nH]c4c3)n2)c(-c2ccccn2)n1. The van der Waals surface area contributed by atoms with Gasteiger partial charge in [0, 0.05) is 37.4 Å². The highest BCUT2D eigenvalue weighted by Crippen LogP contribution is 2.25. The van der Waals surface area contributed by atoms with Crippen LogP contribution in [-0.4, -0.2) is 35.6 Å². The molecule has 2 N–H and O–H groups in total. The molecule has 0 saturated carbocycles. The summed E-state index contributed by atoms with van der Waals surface area (Å²) in [6.07, 6.45) is 7.02. The van der Waals surface area contributed by atoms with E-state index < -0.39 is 0 Å². The highest BCUT2D eigenvalue weighted by atomic mass is 16.1. The van der Waals surface area contributed by atoms with Crippen LogP contribution in [0, 0.1) is 0 Å². The maximum absolute atomic E-state index is 12.9. The van der Waals surface area contributed by atoms with Crippen LogP contribution in [0.15, 0.2) is 73.3 Å². The molecule has 146 valence electrons. The van der Waals surface area contributed by atoms with Crippen molar-refractivity contribution in [3.8, 4) is 22.6 Å². The number of H-pyrrole nitrogens is 1. The third-order valence-electron chi connectivity index (χ3n) is 4.66. The Hall–Kier alpha value is -4.33. The minimum absolute atomic E-state index is 0.301. The van der Waals surface area contributed by atoms with E-state index >= 15 is 0 Å². The van der Waals surface area contributed by atoms with E-state index in [1.165, 1.54) is 0 Å². The Balaban J connectivity index is 1.45. The molecule has 0 aromatic carbocycles. The van der Waals surface area contributed by atoms with Crippen molar-refractivity contribution in [3.63, 3.8) is 0 Å². The van der Waals surface area contributed by atoms with E-state index in [1.807, 2.05) is 42.6 Å². The second-order valence-corrected chi connectivity index (χ2v) is 6.78. The van der Waals surface area contributed by atoms with Gasteiger partial charge in [0.1, 0.15) is 11.4 Å². The van der Waals surface area contributed by atoms with E-state index in [0.717, 1.165) is 16.6 Å². The van der Waals surface area contributed by atoms with Crippen molar-refractivity contribution < 1.29 is 4.79 Å². The maximum atomic E-state index is 12.9. The average molecular weight is 395 g/mol. The molecular formula is C22H17N7O. The molecule has 0 unspecified atom stereocenters. The first-order chi connectivity index (χ1) is 14.7. The smallest absolute Gasteiger partial charge is 0.274 e. The summed E-state index contributed by atoms with van der Waals surface area (Å²) in [4.78, 5) is 29.3. The third-order valence-corrected chi connectivity index (χ3v) is 4.66. The Bertz CT molecular complexity index is 1350. The second kappa shape index (κ2) is 7.25. The molecule has 0 spiro atoms. The Morgan fingerprint density at radius 1 is 1.07 bits per heavy atom. The molecule has 8 nitrogen and oxygen atoms in total. The summed E-state index contributed by atoms with van der Waals surface area (Å²) in [5, 5.41) is 7.33. The lowest BCUT2D eigenvalue weighted by atomic mass is 10.1. The van der Waals surface area contributed by atoms with Crippen LogP contribution in [0.5, 0.6) is 0 Å². The fourth-order valence-corrected chi connectivity index (χ4v) is 3.25. The van der Waals surface area contributed by atoms with Crippen LogP contribution in [0.2, 0.25) is 0 Å². The quantitative estimate of drug-likeness (QED) is 0.483. The van der Waals surface area contributed by atoms with Gasteiger partial charge in [0.2, 0.25) is 0 Å². The highest BCUT2D eigenvalue weighted by molar-refractivity contribution is 6.04. The highest BCUT2D eigenvalue weighted by Gasteiger charge is 2.16. The minimum atomic E-state index is -0.323. The second-order valence-electron chi connectivity index (χ2n) is 6.78. The number of amides is 1. The van der Waals surface area contributed by atoms with Gasteiger partial charge in [-0.25, -0.2) is 4.98 Å². The van der Waals surface area contributed by atoms with Crippen molar-refractivity contribution >= 4 is 22.6 Å². The number of nitrogens with zero attached hydrogens (tertiary/aromatic N) is 5. The largest absolute Gasteiger partial charge is 0.360 e. The molecule has 30 heavy (non-hydrogen) atoms. The van der Waals surface area contributed by atoms with E-state index in [2.05, 4.69) is 30.4 Å². The molecule has 8 heteroatoms. The number of carbonyl (C=O) groups excluding carboxylic acids is 1. The normalized spacial score (nSPS) is 11.0. The van der Waals surface area contributed by atoms with Gasteiger partial charge in [0.25, 0.3) is 5.91 Å². The first-order valence-electron chi connectivity index (χ1n) is 9.34. The van der Waals surface area contributed by atoms with Crippen LogP contribution in [0.4, 0.5) is 5.69 Å². The van der Waals surface area contributed by atoms with Gasteiger partial charge in [0.15, 0.2) is 0 Å². The van der Waals surface area contributed by atoms with Crippen molar-refractivity contribution in [1.29, 1.82) is 0 Å².